The van der Waals surface area contributed by atoms with Crippen LogP contribution in [0.5, 0.6) is 0 Å². The van der Waals surface area contributed by atoms with Gasteiger partial charge in [0.2, 0.25) is 0 Å². The predicted octanol–water partition coefficient (Wildman–Crippen LogP) is 3.20. The molecular weight excluding hydrogens is 235 g/mol. The van der Waals surface area contributed by atoms with Crippen molar-refractivity contribution >= 4 is 29.2 Å². The van der Waals surface area contributed by atoms with E-state index >= 15 is 0 Å². The third-order valence-corrected chi connectivity index (χ3v) is 3.54. The van der Waals surface area contributed by atoms with Crippen molar-refractivity contribution in [3.05, 3.63) is 33.8 Å². The second kappa shape index (κ2) is 3.69. The zero-order valence-electron chi connectivity index (χ0n) is 8.22. The molecule has 0 saturated heterocycles. The number of carbonyl (C=O) groups is 1. The zero-order valence-corrected chi connectivity index (χ0v) is 9.73. The molecule has 0 atom stereocenters. The molecule has 0 amide bonds. The fourth-order valence-corrected chi connectivity index (χ4v) is 2.02. The van der Waals surface area contributed by atoms with Gasteiger partial charge in [0, 0.05) is 0 Å². The quantitative estimate of drug-likeness (QED) is 0.748. The van der Waals surface area contributed by atoms with Gasteiger partial charge in [-0.05, 0) is 30.5 Å². The van der Waals surface area contributed by atoms with Gasteiger partial charge in [-0.2, -0.15) is 0 Å². The highest BCUT2D eigenvalue weighted by Gasteiger charge is 2.52. The van der Waals surface area contributed by atoms with E-state index in [-0.39, 0.29) is 5.97 Å². The number of halogens is 2. The lowest BCUT2D eigenvalue weighted by Gasteiger charge is -2.13. The van der Waals surface area contributed by atoms with Crippen molar-refractivity contribution in [2.45, 2.75) is 18.3 Å². The average Bonchev–Trinajstić information content (AvgIpc) is 3.02. The van der Waals surface area contributed by atoms with Gasteiger partial charge in [-0.3, -0.25) is 4.79 Å². The predicted molar refractivity (Wildman–Crippen MR) is 59.4 cm³/mol. The van der Waals surface area contributed by atoms with Crippen LogP contribution in [0.1, 0.15) is 18.4 Å². The van der Waals surface area contributed by atoms with Crippen LogP contribution in [0.25, 0.3) is 0 Å². The minimum Gasteiger partial charge on any atom is -0.468 e. The SMILES string of the molecule is COC(=O)C1(c2ccc(Cl)c(Cl)c2)CC1. The van der Waals surface area contributed by atoms with Crippen LogP contribution in [0.2, 0.25) is 10.0 Å². The second-order valence-electron chi connectivity index (χ2n) is 3.70. The summed E-state index contributed by atoms with van der Waals surface area (Å²) in [7, 11) is 1.40. The van der Waals surface area contributed by atoms with Gasteiger partial charge >= 0.3 is 5.97 Å². The summed E-state index contributed by atoms with van der Waals surface area (Å²) in [5.41, 5.74) is 0.423. The molecule has 0 radical (unpaired) electrons. The molecule has 1 aromatic carbocycles. The topological polar surface area (TPSA) is 26.3 Å². The Labute approximate surface area is 98.1 Å². The van der Waals surface area contributed by atoms with Gasteiger partial charge in [0.25, 0.3) is 0 Å². The van der Waals surface area contributed by atoms with E-state index in [1.807, 2.05) is 6.07 Å². The Hall–Kier alpha value is -0.730. The molecule has 0 aliphatic heterocycles. The number of carbonyl (C=O) groups excluding carboxylic acids is 1. The van der Waals surface area contributed by atoms with Crippen LogP contribution in [-0.2, 0) is 14.9 Å². The monoisotopic (exact) mass is 244 g/mol. The Morgan fingerprint density at radius 2 is 2.00 bits per heavy atom. The summed E-state index contributed by atoms with van der Waals surface area (Å²) in [6.45, 7) is 0. The van der Waals surface area contributed by atoms with E-state index in [9.17, 15) is 4.79 Å². The van der Waals surface area contributed by atoms with E-state index in [0.717, 1.165) is 18.4 Å². The van der Waals surface area contributed by atoms with Crippen LogP contribution in [0.3, 0.4) is 0 Å². The first-order chi connectivity index (χ1) is 7.10. The zero-order chi connectivity index (χ0) is 11.1. The van der Waals surface area contributed by atoms with Crippen LogP contribution in [-0.4, -0.2) is 13.1 Å². The number of hydrogen-bond donors (Lipinski definition) is 0. The first-order valence-electron chi connectivity index (χ1n) is 4.64. The Balaban J connectivity index is 2.38. The summed E-state index contributed by atoms with van der Waals surface area (Å²) in [6, 6.07) is 5.29. The van der Waals surface area contributed by atoms with E-state index in [4.69, 9.17) is 27.9 Å². The molecule has 0 bridgehead atoms. The molecule has 2 nitrogen and oxygen atoms in total. The minimum atomic E-state index is -0.469. The number of ether oxygens (including phenoxy) is 1. The second-order valence-corrected chi connectivity index (χ2v) is 4.52. The van der Waals surface area contributed by atoms with Gasteiger partial charge in [0.05, 0.1) is 22.6 Å². The molecule has 0 aromatic heterocycles. The fourth-order valence-electron chi connectivity index (χ4n) is 1.72. The largest absolute Gasteiger partial charge is 0.468 e. The van der Waals surface area contributed by atoms with Crippen molar-refractivity contribution in [1.29, 1.82) is 0 Å². The lowest BCUT2D eigenvalue weighted by Crippen LogP contribution is -2.21. The Morgan fingerprint density at radius 3 is 2.47 bits per heavy atom. The molecule has 80 valence electrons. The highest BCUT2D eigenvalue weighted by atomic mass is 35.5. The molecule has 1 aromatic rings. The van der Waals surface area contributed by atoms with Gasteiger partial charge in [-0.15, -0.1) is 0 Å². The molecule has 4 heteroatoms. The first-order valence-corrected chi connectivity index (χ1v) is 5.40. The highest BCUT2D eigenvalue weighted by molar-refractivity contribution is 6.42. The maximum Gasteiger partial charge on any atom is 0.316 e. The fraction of sp³-hybridized carbons (Fsp3) is 0.364. The van der Waals surface area contributed by atoms with E-state index in [1.165, 1.54) is 7.11 Å². The summed E-state index contributed by atoms with van der Waals surface area (Å²) in [6.07, 6.45) is 1.63. The van der Waals surface area contributed by atoms with Crippen LogP contribution < -0.4 is 0 Å². The highest BCUT2D eigenvalue weighted by Crippen LogP contribution is 2.50. The lowest BCUT2D eigenvalue weighted by molar-refractivity contribution is -0.143. The molecule has 1 aliphatic carbocycles. The Bertz CT molecular complexity index is 411. The third-order valence-electron chi connectivity index (χ3n) is 2.80. The summed E-state index contributed by atoms with van der Waals surface area (Å²) in [5.74, 6) is -0.194. The van der Waals surface area contributed by atoms with Crippen molar-refractivity contribution in [1.82, 2.24) is 0 Å². The van der Waals surface area contributed by atoms with E-state index in [0.29, 0.717) is 10.0 Å². The maximum atomic E-state index is 11.6. The van der Waals surface area contributed by atoms with Gasteiger partial charge < -0.3 is 4.74 Å². The van der Waals surface area contributed by atoms with Crippen LogP contribution in [0, 0.1) is 0 Å². The van der Waals surface area contributed by atoms with E-state index in [1.54, 1.807) is 12.1 Å². The third kappa shape index (κ3) is 1.72. The first kappa shape index (κ1) is 10.8. The average molecular weight is 245 g/mol. The van der Waals surface area contributed by atoms with Gasteiger partial charge in [0.1, 0.15) is 0 Å². The Morgan fingerprint density at radius 1 is 1.33 bits per heavy atom. The van der Waals surface area contributed by atoms with Crippen LogP contribution >= 0.6 is 23.2 Å². The molecule has 1 aliphatic rings. The van der Waals surface area contributed by atoms with Crippen LogP contribution in [0.15, 0.2) is 18.2 Å². The molecule has 15 heavy (non-hydrogen) atoms. The van der Waals surface area contributed by atoms with Gasteiger partial charge in [-0.25, -0.2) is 0 Å². The molecule has 0 unspecified atom stereocenters. The molecular formula is C11H10Cl2O2. The molecule has 1 fully saturated rings. The van der Waals surface area contributed by atoms with Gasteiger partial charge in [-0.1, -0.05) is 29.3 Å². The summed E-state index contributed by atoms with van der Waals surface area (Å²) >= 11 is 11.7. The number of hydrogen-bond acceptors (Lipinski definition) is 2. The molecule has 1 saturated carbocycles. The number of benzene rings is 1. The van der Waals surface area contributed by atoms with Gasteiger partial charge in [0.15, 0.2) is 0 Å². The van der Waals surface area contributed by atoms with Crippen molar-refractivity contribution < 1.29 is 9.53 Å². The lowest BCUT2D eigenvalue weighted by atomic mass is 9.96. The van der Waals surface area contributed by atoms with Crippen molar-refractivity contribution in [3.8, 4) is 0 Å². The Kier molecular flexibility index (Phi) is 2.65. The summed E-state index contributed by atoms with van der Waals surface area (Å²) in [5, 5.41) is 0.977. The number of methoxy groups -OCH3 is 1. The molecule has 0 spiro atoms. The van der Waals surface area contributed by atoms with Crippen molar-refractivity contribution in [2.24, 2.45) is 0 Å². The number of rotatable bonds is 2. The van der Waals surface area contributed by atoms with Crippen molar-refractivity contribution in [2.75, 3.05) is 7.11 Å². The maximum absolute atomic E-state index is 11.6. The standard InChI is InChI=1S/C11H10Cl2O2/c1-15-10(14)11(4-5-11)7-2-3-8(12)9(13)6-7/h2-3,6H,4-5H2,1H3. The van der Waals surface area contributed by atoms with E-state index < -0.39 is 5.41 Å². The summed E-state index contributed by atoms with van der Waals surface area (Å²) in [4.78, 5) is 11.6. The molecule has 0 N–H and O–H groups in total. The normalized spacial score (nSPS) is 17.3. The minimum absolute atomic E-state index is 0.194. The molecule has 0 heterocycles. The van der Waals surface area contributed by atoms with Crippen molar-refractivity contribution in [3.63, 3.8) is 0 Å². The van der Waals surface area contributed by atoms with E-state index in [2.05, 4.69) is 0 Å². The smallest absolute Gasteiger partial charge is 0.316 e. The molecule has 2 rings (SSSR count). The van der Waals surface area contributed by atoms with Crippen LogP contribution in [0.4, 0.5) is 0 Å². The summed E-state index contributed by atoms with van der Waals surface area (Å²) < 4.78 is 4.79. The number of esters is 1.